The van der Waals surface area contributed by atoms with Gasteiger partial charge in [0.05, 0.1) is 111 Å². The molecule has 0 radical (unpaired) electrons. The number of nitrogens with zero attached hydrogens (tertiary/aromatic N) is 15. The number of halogens is 11. The van der Waals surface area contributed by atoms with Gasteiger partial charge in [-0.15, -0.1) is 0 Å². The lowest BCUT2D eigenvalue weighted by atomic mass is 9.89. The standard InChI is InChI=1S/C28H26Cl2N6S3.C25H17Cl5N6S3.C25H26Cl2N6.C22H20Cl2O3/c1-14-22(27-17(4)32-38-35-27)10-19(12-24(14)29)21(8-6-7-9-26-16(3)31-37-34-26)20-11-23(15(2)25(30)13-20)28-18(5)33-39-36-28;1-11-16(21-24(29)35-38-32-21)7-13(9-18(11)26)15(5-3-4-6-20-23(28)34-37-31-20)14-8-17(12(2)19(27)10-14)22-25(30)36-39-33-22;1-14-19(23(30)12-28)8-16(10-21(14)26)18(6-4-5-7-25(32)33-3)17-9-20(24(31)13-29)15(2)22(27)11-17;1-14-18(12-26)8-16(10-21(14)23)20(6-4-3-5-7-25)17-9-19(13-27)15(2)22(24)11-17/h8,10-13H,6-7,9H2,1-5H3;5,7-10H,3-4,6H2,1-2H3;6,8-11,23-25H,4-5,7,30-32H2,1-2H3;6-13H,3-5H2,1-2H3. The Bertz CT molecular complexity index is 6550. The molecule has 0 saturated carbocycles. The van der Waals surface area contributed by atoms with Gasteiger partial charge in [-0.3, -0.25) is 20.2 Å². The van der Waals surface area contributed by atoms with E-state index in [0.29, 0.717) is 145 Å². The third-order valence-electron chi connectivity index (χ3n) is 23.1. The summed E-state index contributed by atoms with van der Waals surface area (Å²) in [5, 5.41) is 24.3. The number of aromatic nitrogens is 12. The SMILES string of the molecule is Cc1c(Cl)cc(C(=CCCCC=O)c2cc(Cl)c(C)c(C=O)c2)cc1C=O.Cc1c(Cl)cc(C(=CCCCc2nsnc2Cl)c2cc(Cl)c(C)c(-c3nsnc3Cl)c2)cc1-c1nsnc1Cl.Cc1nsnc1CCCC=C(c1cc(Cl)c(C)c(-c2nsnc2C)c1)c1cc(Cl)c(C)c(-c2nsnc2C)c1.[C-]#[N+]C(N)CCCC=C(c1cc(Cl)c(C)c(C(N)C#N)c1)c1cc(Cl)c(C)c(C(N)C#N)c1. The number of nitriles is 2. The number of benzene rings is 8. The largest absolute Gasteiger partial charge is 0.312 e. The van der Waals surface area contributed by atoms with Gasteiger partial charge in [0.2, 0.25) is 0 Å². The van der Waals surface area contributed by atoms with E-state index in [1.807, 2.05) is 135 Å². The van der Waals surface area contributed by atoms with E-state index in [-0.39, 0.29) is 0 Å². The van der Waals surface area contributed by atoms with E-state index >= 15 is 0 Å². The van der Waals surface area contributed by atoms with Crippen LogP contribution in [-0.2, 0) is 17.6 Å². The Balaban J connectivity index is 0.000000178. The average molecular weight is 2170 g/mol. The molecule has 3 unspecified atom stereocenters. The molecule has 0 bridgehead atoms. The summed E-state index contributed by atoms with van der Waals surface area (Å²) in [7, 11) is 0. The van der Waals surface area contributed by atoms with Crippen molar-refractivity contribution in [2.24, 2.45) is 17.2 Å². The molecule has 138 heavy (non-hydrogen) atoms. The lowest BCUT2D eigenvalue weighted by Gasteiger charge is -2.18. The van der Waals surface area contributed by atoms with Crippen molar-refractivity contribution in [3.63, 3.8) is 0 Å². The fourth-order valence-electron chi connectivity index (χ4n) is 14.9. The molecule has 3 atom stereocenters. The number of rotatable bonds is 32. The highest BCUT2D eigenvalue weighted by atomic mass is 35.5. The van der Waals surface area contributed by atoms with Crippen LogP contribution >= 0.6 is 198 Å². The summed E-state index contributed by atoms with van der Waals surface area (Å²) in [6, 6.07) is 33.2. The zero-order valence-electron chi connectivity index (χ0n) is 76.3. The topological polar surface area (TPSA) is 336 Å². The molecule has 0 fully saturated rings. The maximum absolute atomic E-state index is 11.4. The molecular formula is C100H89Cl11N18O3S6. The van der Waals surface area contributed by atoms with E-state index in [1.54, 1.807) is 38.1 Å². The Morgan fingerprint density at radius 1 is 0.341 bits per heavy atom. The maximum atomic E-state index is 11.4. The Kier molecular flexibility index (Phi) is 40.6. The minimum atomic E-state index is -0.829. The van der Waals surface area contributed by atoms with Crippen molar-refractivity contribution < 1.29 is 14.4 Å². The number of nitrogens with two attached hydrogens (primary N) is 3. The monoisotopic (exact) mass is 2170 g/mol. The van der Waals surface area contributed by atoms with Gasteiger partial charge in [0.1, 0.15) is 53.7 Å². The Morgan fingerprint density at radius 3 is 0.942 bits per heavy atom. The van der Waals surface area contributed by atoms with E-state index in [2.05, 4.69) is 93.8 Å². The fraction of sp³-hybridized carbons (Fsp3) is 0.260. The van der Waals surface area contributed by atoms with Crippen molar-refractivity contribution in [1.29, 1.82) is 10.5 Å². The first-order chi connectivity index (χ1) is 66.0. The van der Waals surface area contributed by atoms with Crippen LogP contribution in [0.25, 0.3) is 72.2 Å². The zero-order chi connectivity index (χ0) is 100. The second kappa shape index (κ2) is 51.4. The predicted octanol–water partition coefficient (Wildman–Crippen LogP) is 30.3. The highest BCUT2D eigenvalue weighted by Crippen LogP contribution is 2.45. The molecule has 0 spiro atoms. The van der Waals surface area contributed by atoms with Gasteiger partial charge in [-0.2, -0.15) is 63.0 Å². The number of carbonyl (C=O) groups is 3. The predicted molar refractivity (Wildman–Crippen MR) is 573 cm³/mol. The fourth-order valence-corrected chi connectivity index (χ4v) is 20.7. The van der Waals surface area contributed by atoms with E-state index < -0.39 is 18.2 Å². The minimum absolute atomic E-state index is 0.335. The van der Waals surface area contributed by atoms with Crippen LogP contribution in [0.2, 0.25) is 55.6 Å². The zero-order valence-corrected chi connectivity index (χ0v) is 89.5. The summed E-state index contributed by atoms with van der Waals surface area (Å²) in [6.45, 7) is 28.1. The Labute approximate surface area is 881 Å². The van der Waals surface area contributed by atoms with Gasteiger partial charge < -0.3 is 16.3 Å². The van der Waals surface area contributed by atoms with Crippen LogP contribution in [0.3, 0.4) is 0 Å². The third-order valence-corrected chi connectivity index (χ3v) is 30.9. The molecule has 0 amide bonds. The van der Waals surface area contributed by atoms with Crippen LogP contribution in [0.1, 0.15) is 226 Å². The van der Waals surface area contributed by atoms with Crippen LogP contribution in [0, 0.1) is 105 Å². The molecule has 21 nitrogen and oxygen atoms in total. The summed E-state index contributed by atoms with van der Waals surface area (Å²) in [5.74, 6) is 0. The van der Waals surface area contributed by atoms with Crippen LogP contribution < -0.4 is 17.2 Å². The molecule has 6 heterocycles. The average Bonchev–Trinajstić information content (AvgIpc) is 1.36. The quantitative estimate of drug-likeness (QED) is 0.0200. The molecule has 710 valence electrons. The number of aryl methyl sites for hydroxylation is 5. The Hall–Kier alpha value is -9.37. The molecule has 6 N–H and O–H groups in total. The first kappa shape index (κ1) is 109. The van der Waals surface area contributed by atoms with Crippen molar-refractivity contribution in [3.05, 3.63) is 328 Å². The molecule has 6 aromatic heterocycles. The molecule has 0 aliphatic rings. The normalized spacial score (nSPS) is 11.6. The number of hydrogen-bond acceptors (Lipinski definition) is 26. The summed E-state index contributed by atoms with van der Waals surface area (Å²) < 4.78 is 52.1. The highest BCUT2D eigenvalue weighted by molar-refractivity contribution is 7.00. The molecular weight excluding hydrogens is 2080 g/mol. The molecule has 0 saturated heterocycles. The number of carbonyl (C=O) groups excluding carboxylic acids is 3. The number of unbranched alkanes of at least 4 members (excludes halogenated alkanes) is 5. The van der Waals surface area contributed by atoms with Crippen LogP contribution in [-0.4, -0.2) is 77.5 Å². The third kappa shape index (κ3) is 27.1. The van der Waals surface area contributed by atoms with Crippen LogP contribution in [0.4, 0.5) is 0 Å². The second-order valence-corrected chi connectivity index (χ2v) is 39.6. The summed E-state index contributed by atoms with van der Waals surface area (Å²) in [5.41, 5.74) is 48.2. The number of aldehydes is 3. The first-order valence-electron chi connectivity index (χ1n) is 42.9. The van der Waals surface area contributed by atoms with Crippen molar-refractivity contribution in [3.8, 4) is 57.2 Å². The summed E-state index contributed by atoms with van der Waals surface area (Å²) in [6.07, 6.45) is 19.0. The van der Waals surface area contributed by atoms with E-state index in [9.17, 15) is 24.9 Å². The van der Waals surface area contributed by atoms with Crippen LogP contribution in [0.5, 0.6) is 0 Å². The highest BCUT2D eigenvalue weighted by Gasteiger charge is 2.26. The van der Waals surface area contributed by atoms with Gasteiger partial charge in [0.15, 0.2) is 15.5 Å². The minimum Gasteiger partial charge on any atom is -0.312 e. The molecule has 14 rings (SSSR count). The Morgan fingerprint density at radius 2 is 0.630 bits per heavy atom. The van der Waals surface area contributed by atoms with E-state index in [0.717, 1.165) is 248 Å². The number of hydrogen-bond donors (Lipinski definition) is 3. The van der Waals surface area contributed by atoms with Crippen molar-refractivity contribution in [1.82, 2.24) is 52.5 Å². The van der Waals surface area contributed by atoms with Crippen molar-refractivity contribution >= 4 is 239 Å². The molecule has 14 aromatic rings. The van der Waals surface area contributed by atoms with Gasteiger partial charge in [-0.1, -0.05) is 152 Å². The molecule has 8 aromatic carbocycles. The van der Waals surface area contributed by atoms with Crippen molar-refractivity contribution in [2.45, 2.75) is 171 Å². The van der Waals surface area contributed by atoms with Gasteiger partial charge in [0, 0.05) is 86.4 Å². The van der Waals surface area contributed by atoms with Gasteiger partial charge in [-0.05, 0) is 360 Å². The lowest BCUT2D eigenvalue weighted by Crippen LogP contribution is -2.13. The number of allylic oxidation sites excluding steroid dienone is 4. The van der Waals surface area contributed by atoms with Gasteiger partial charge >= 0.3 is 0 Å². The lowest BCUT2D eigenvalue weighted by molar-refractivity contribution is -0.107. The maximum Gasteiger partial charge on any atom is 0.274 e. The molecule has 0 aliphatic heterocycles. The summed E-state index contributed by atoms with van der Waals surface area (Å²) in [4.78, 5) is 36.7. The van der Waals surface area contributed by atoms with Gasteiger partial charge in [-0.25, -0.2) is 6.57 Å². The van der Waals surface area contributed by atoms with Crippen molar-refractivity contribution in [2.75, 3.05) is 0 Å². The van der Waals surface area contributed by atoms with Gasteiger partial charge in [0.25, 0.3) is 6.17 Å². The molecule has 38 heteroatoms. The summed E-state index contributed by atoms with van der Waals surface area (Å²) >= 11 is 78.6. The smallest absolute Gasteiger partial charge is 0.274 e. The second-order valence-electron chi connectivity index (χ2n) is 32.1. The van der Waals surface area contributed by atoms with E-state index in [1.165, 1.54) is 35.2 Å². The van der Waals surface area contributed by atoms with E-state index in [4.69, 9.17) is 151 Å². The first-order valence-corrected chi connectivity index (χ1v) is 51.4. The van der Waals surface area contributed by atoms with Crippen LogP contribution in [0.15, 0.2) is 121 Å². The molecule has 0 aliphatic carbocycles.